The fraction of sp³-hybridized carbons (Fsp3) is 1.00. The molecule has 0 rings (SSSR count). The van der Waals surface area contributed by atoms with Crippen LogP contribution < -0.4 is 11.1 Å². The van der Waals surface area contributed by atoms with Crippen LogP contribution in [0.1, 0.15) is 89.9 Å². The lowest BCUT2D eigenvalue weighted by Gasteiger charge is -2.03. The van der Waals surface area contributed by atoms with E-state index in [1.54, 1.807) is 0 Å². The molecule has 0 amide bonds. The lowest BCUT2D eigenvalue weighted by Crippen LogP contribution is -2.16. The first-order chi connectivity index (χ1) is 9.91. The van der Waals surface area contributed by atoms with Gasteiger partial charge in [0, 0.05) is 10.2 Å². The van der Waals surface area contributed by atoms with Crippen molar-refractivity contribution in [3.8, 4) is 0 Å². The molecule has 3 N–H and O–H groups in total. The highest BCUT2D eigenvalue weighted by molar-refractivity contribution is 6.08. The first kappa shape index (κ1) is 20.1. The lowest BCUT2D eigenvalue weighted by atomic mass is 10.0. The molecule has 2 nitrogen and oxygen atoms in total. The molecule has 3 heteroatoms. The molecule has 0 aromatic carbocycles. The first-order valence-electron chi connectivity index (χ1n) is 9.32. The Morgan fingerprint density at radius 3 is 1.25 bits per heavy atom. The smallest absolute Gasteiger partial charge is 0.0201 e. The maximum atomic E-state index is 5.49. The Bertz CT molecular complexity index is 147. The predicted molar refractivity (Wildman–Crippen MR) is 96.5 cm³/mol. The fourth-order valence-electron chi connectivity index (χ4n) is 2.69. The van der Waals surface area contributed by atoms with E-state index < -0.39 is 0 Å². The summed E-state index contributed by atoms with van der Waals surface area (Å²) in [4.78, 5) is 0. The Hall–Kier alpha value is 0.137. The van der Waals surface area contributed by atoms with E-state index in [1.165, 1.54) is 113 Å². The van der Waals surface area contributed by atoms with Crippen LogP contribution in [-0.2, 0) is 0 Å². The highest BCUT2D eigenvalue weighted by Crippen LogP contribution is 2.12. The third-order valence-corrected chi connectivity index (χ3v) is 4.56. The molecule has 0 aliphatic heterocycles. The van der Waals surface area contributed by atoms with Crippen molar-refractivity contribution in [2.24, 2.45) is 5.73 Å². The predicted octanol–water partition coefficient (Wildman–Crippen LogP) is 3.32. The van der Waals surface area contributed by atoms with Crippen molar-refractivity contribution in [3.63, 3.8) is 0 Å². The average Bonchev–Trinajstić information content (AvgIpc) is 2.47. The molecular weight excluding hydrogens is 260 g/mol. The summed E-state index contributed by atoms with van der Waals surface area (Å²) in [5, 5.41) is 3.45. The van der Waals surface area contributed by atoms with Gasteiger partial charge in [-0.3, -0.25) is 0 Å². The van der Waals surface area contributed by atoms with Crippen molar-refractivity contribution in [1.82, 2.24) is 5.32 Å². The van der Waals surface area contributed by atoms with E-state index in [9.17, 15) is 0 Å². The van der Waals surface area contributed by atoms with Crippen LogP contribution in [0.3, 0.4) is 0 Å². The first-order valence-corrected chi connectivity index (χ1v) is 10.7. The van der Waals surface area contributed by atoms with Gasteiger partial charge in [0.15, 0.2) is 0 Å². The van der Waals surface area contributed by atoms with Gasteiger partial charge in [0.25, 0.3) is 0 Å². The summed E-state index contributed by atoms with van der Waals surface area (Å²) in [7, 11) is 1.29. The van der Waals surface area contributed by atoms with Crippen LogP contribution in [0, 0.1) is 0 Å². The molecule has 0 heterocycles. The zero-order chi connectivity index (χ0) is 14.7. The Morgan fingerprint density at radius 2 is 0.900 bits per heavy atom. The van der Waals surface area contributed by atoms with Gasteiger partial charge < -0.3 is 11.1 Å². The van der Waals surface area contributed by atoms with Crippen molar-refractivity contribution in [1.29, 1.82) is 0 Å². The summed E-state index contributed by atoms with van der Waals surface area (Å²) in [6.07, 6.45) is 21.1. The Kier molecular flexibility index (Phi) is 19.3. The Morgan fingerprint density at radius 1 is 0.550 bits per heavy atom. The van der Waals surface area contributed by atoms with Crippen LogP contribution >= 0.6 is 0 Å². The fourth-order valence-corrected chi connectivity index (χ4v) is 3.05. The van der Waals surface area contributed by atoms with E-state index in [2.05, 4.69) is 5.32 Å². The highest BCUT2D eigenvalue weighted by atomic mass is 28.1. The molecule has 122 valence electrons. The molecule has 0 aliphatic rings. The summed E-state index contributed by atoms with van der Waals surface area (Å²) in [5.41, 5.74) is 5.49. The summed E-state index contributed by atoms with van der Waals surface area (Å²) >= 11 is 0. The Balaban J connectivity index is 2.89. The molecule has 0 radical (unpaired) electrons. The molecule has 0 unspecified atom stereocenters. The number of unbranched alkanes of at least 4 members (excludes halogenated alkanes) is 13. The molecule has 0 fully saturated rings. The third-order valence-electron chi connectivity index (χ3n) is 4.06. The molecule has 0 saturated carbocycles. The van der Waals surface area contributed by atoms with E-state index in [-0.39, 0.29) is 0 Å². The monoisotopic (exact) mass is 300 g/mol. The largest absolute Gasteiger partial charge is 0.330 e. The quantitative estimate of drug-likeness (QED) is 0.319. The van der Waals surface area contributed by atoms with Crippen LogP contribution in [-0.4, -0.2) is 29.5 Å². The van der Waals surface area contributed by atoms with Crippen LogP contribution in [0.4, 0.5) is 0 Å². The van der Waals surface area contributed by atoms with Gasteiger partial charge in [0.2, 0.25) is 0 Å². The van der Waals surface area contributed by atoms with Gasteiger partial charge in [-0.15, -0.1) is 0 Å². The van der Waals surface area contributed by atoms with E-state index in [0.29, 0.717) is 0 Å². The van der Waals surface area contributed by atoms with E-state index >= 15 is 0 Å². The number of nitrogens with two attached hydrogens (primary N) is 1. The number of hydrogen-bond acceptors (Lipinski definition) is 2. The van der Waals surface area contributed by atoms with E-state index in [0.717, 1.165) is 6.54 Å². The van der Waals surface area contributed by atoms with Gasteiger partial charge in [-0.2, -0.15) is 0 Å². The molecule has 0 spiro atoms. The van der Waals surface area contributed by atoms with Gasteiger partial charge in [0.1, 0.15) is 0 Å². The minimum absolute atomic E-state index is 0.872. The number of rotatable bonds is 17. The van der Waals surface area contributed by atoms with Crippen molar-refractivity contribution >= 4 is 10.2 Å². The zero-order valence-electron chi connectivity index (χ0n) is 14.1. The number of hydrogen-bond donors (Lipinski definition) is 2. The molecule has 20 heavy (non-hydrogen) atoms. The van der Waals surface area contributed by atoms with Crippen LogP contribution in [0.2, 0.25) is 0 Å². The minimum atomic E-state index is 0.872. The number of nitrogens with one attached hydrogen (secondary N) is 1. The van der Waals surface area contributed by atoms with Crippen molar-refractivity contribution in [3.05, 3.63) is 0 Å². The van der Waals surface area contributed by atoms with Gasteiger partial charge in [0.05, 0.1) is 0 Å². The normalized spacial score (nSPS) is 11.2. The van der Waals surface area contributed by atoms with Crippen LogP contribution in [0.5, 0.6) is 0 Å². The summed E-state index contributed by atoms with van der Waals surface area (Å²) in [6.45, 7) is 2.12. The summed E-state index contributed by atoms with van der Waals surface area (Å²) < 4.78 is 0. The van der Waals surface area contributed by atoms with Gasteiger partial charge in [-0.25, -0.2) is 0 Å². The molecule has 0 atom stereocenters. The molecule has 0 saturated heterocycles. The van der Waals surface area contributed by atoms with E-state index in [1.807, 2.05) is 0 Å². The zero-order valence-corrected chi connectivity index (χ0v) is 16.1. The van der Waals surface area contributed by atoms with Crippen LogP contribution in [0.15, 0.2) is 0 Å². The minimum Gasteiger partial charge on any atom is -0.330 e. The SMILES string of the molecule is NCCCCCCCCCCCCCCCCNC[SiH3]. The molecule has 0 aliphatic carbocycles. The standard InChI is InChI=1S/C17H40N2Si/c18-15-13-11-9-7-5-3-1-2-4-6-8-10-12-14-16-19-17-20/h19H,1-18H2,20H3. The maximum Gasteiger partial charge on any atom is 0.0201 e. The van der Waals surface area contributed by atoms with Crippen molar-refractivity contribution in [2.75, 3.05) is 19.3 Å². The van der Waals surface area contributed by atoms with Gasteiger partial charge in [-0.1, -0.05) is 77.0 Å². The topological polar surface area (TPSA) is 38.0 Å². The maximum absolute atomic E-state index is 5.49. The lowest BCUT2D eigenvalue weighted by molar-refractivity contribution is 0.531. The second kappa shape index (κ2) is 19.1. The summed E-state index contributed by atoms with van der Waals surface area (Å²) in [6, 6.07) is 0. The molecule has 0 bridgehead atoms. The highest BCUT2D eigenvalue weighted by Gasteiger charge is 1.94. The second-order valence-electron chi connectivity index (χ2n) is 6.09. The van der Waals surface area contributed by atoms with Gasteiger partial charge >= 0.3 is 0 Å². The van der Waals surface area contributed by atoms with Crippen molar-refractivity contribution in [2.45, 2.75) is 89.9 Å². The van der Waals surface area contributed by atoms with E-state index in [4.69, 9.17) is 5.73 Å². The third kappa shape index (κ3) is 18.1. The molecule has 0 aromatic rings. The summed E-state index contributed by atoms with van der Waals surface area (Å²) in [5.74, 6) is 0. The van der Waals surface area contributed by atoms with Gasteiger partial charge in [-0.05, 0) is 32.1 Å². The average molecular weight is 301 g/mol. The van der Waals surface area contributed by atoms with Crippen molar-refractivity contribution < 1.29 is 0 Å². The molecular formula is C17H40N2Si. The van der Waals surface area contributed by atoms with Crippen LogP contribution in [0.25, 0.3) is 0 Å². The second-order valence-corrected chi connectivity index (χ2v) is 6.80. The molecule has 0 aromatic heterocycles. The Labute approximate surface area is 131 Å².